The standard InChI is InChI=1S/C20H26N4O3S/c1-11(2)7-8-23-17-13(4)9-12(3)10-16(17)20(18(23)27)24(15(6)26)22-19(28-20)21-14(5)25/h9-11H,7-8H2,1-6H3,(H,21,22,25)/t20-/m0/s1. The predicted octanol–water partition coefficient (Wildman–Crippen LogP) is 2.85. The van der Waals surface area contributed by atoms with Crippen molar-refractivity contribution in [3.05, 3.63) is 28.8 Å². The summed E-state index contributed by atoms with van der Waals surface area (Å²) < 4.78 is 0. The van der Waals surface area contributed by atoms with Crippen LogP contribution in [0.4, 0.5) is 5.69 Å². The Bertz CT molecular complexity index is 896. The van der Waals surface area contributed by atoms with Crippen LogP contribution in [0.25, 0.3) is 0 Å². The molecule has 0 saturated carbocycles. The molecule has 0 bridgehead atoms. The van der Waals surface area contributed by atoms with Crippen LogP contribution in [0.1, 0.15) is 50.8 Å². The number of anilines is 1. The molecular weight excluding hydrogens is 376 g/mol. The maximum Gasteiger partial charge on any atom is 0.270 e. The second-order valence-corrected chi connectivity index (χ2v) is 8.96. The van der Waals surface area contributed by atoms with Crippen LogP contribution in [0.15, 0.2) is 17.2 Å². The zero-order valence-corrected chi connectivity index (χ0v) is 17.9. The molecule has 28 heavy (non-hydrogen) atoms. The molecule has 1 aromatic carbocycles. The van der Waals surface area contributed by atoms with Gasteiger partial charge in [0.2, 0.25) is 16.7 Å². The molecule has 2 heterocycles. The second-order valence-electron chi connectivity index (χ2n) is 7.78. The first-order valence-corrected chi connectivity index (χ1v) is 10.2. The summed E-state index contributed by atoms with van der Waals surface area (Å²) in [5.41, 5.74) is 3.59. The first-order valence-electron chi connectivity index (χ1n) is 9.37. The molecule has 0 radical (unpaired) electrons. The van der Waals surface area contributed by atoms with E-state index in [0.29, 0.717) is 12.5 Å². The van der Waals surface area contributed by atoms with Crippen molar-refractivity contribution in [1.29, 1.82) is 0 Å². The molecule has 150 valence electrons. The quantitative estimate of drug-likeness (QED) is 0.843. The number of nitrogens with zero attached hydrogens (tertiary/aromatic N) is 3. The van der Waals surface area contributed by atoms with E-state index in [4.69, 9.17) is 0 Å². The number of rotatable bonds is 3. The van der Waals surface area contributed by atoms with E-state index < -0.39 is 4.87 Å². The maximum atomic E-state index is 13.7. The smallest absolute Gasteiger partial charge is 0.270 e. The summed E-state index contributed by atoms with van der Waals surface area (Å²) in [7, 11) is 0. The topological polar surface area (TPSA) is 82.1 Å². The minimum atomic E-state index is -1.31. The monoisotopic (exact) mass is 402 g/mol. The van der Waals surface area contributed by atoms with Crippen LogP contribution in [0.5, 0.6) is 0 Å². The Morgan fingerprint density at radius 3 is 2.50 bits per heavy atom. The fraction of sp³-hybridized carbons (Fsp3) is 0.500. The van der Waals surface area contributed by atoms with Gasteiger partial charge in [0.1, 0.15) is 0 Å². The number of thioether (sulfide) groups is 1. The highest BCUT2D eigenvalue weighted by Crippen LogP contribution is 2.55. The van der Waals surface area contributed by atoms with Gasteiger partial charge in [-0.15, -0.1) is 5.10 Å². The molecule has 1 N–H and O–H groups in total. The third-order valence-corrected chi connectivity index (χ3v) is 6.10. The molecule has 3 amide bonds. The Hall–Kier alpha value is -2.35. The van der Waals surface area contributed by atoms with Gasteiger partial charge in [-0.2, -0.15) is 5.01 Å². The third kappa shape index (κ3) is 3.19. The lowest BCUT2D eigenvalue weighted by molar-refractivity contribution is -0.139. The van der Waals surface area contributed by atoms with E-state index in [0.717, 1.165) is 40.6 Å². The molecule has 7 nitrogen and oxygen atoms in total. The summed E-state index contributed by atoms with van der Waals surface area (Å²) in [6.07, 6.45) is 0.846. The van der Waals surface area contributed by atoms with Gasteiger partial charge in [-0.05, 0) is 43.5 Å². The van der Waals surface area contributed by atoms with E-state index in [1.807, 2.05) is 26.0 Å². The number of hydrazone groups is 1. The minimum Gasteiger partial charge on any atom is -0.309 e. The van der Waals surface area contributed by atoms with E-state index >= 15 is 0 Å². The number of amides is 3. The average Bonchev–Trinajstić information content (AvgIpc) is 3.04. The van der Waals surface area contributed by atoms with Crippen LogP contribution >= 0.6 is 11.8 Å². The van der Waals surface area contributed by atoms with Crippen LogP contribution in [-0.2, 0) is 19.3 Å². The second kappa shape index (κ2) is 7.24. The van der Waals surface area contributed by atoms with Gasteiger partial charge < -0.3 is 10.2 Å². The van der Waals surface area contributed by atoms with Gasteiger partial charge in [-0.1, -0.05) is 31.5 Å². The van der Waals surface area contributed by atoms with Gasteiger partial charge in [0.25, 0.3) is 5.91 Å². The lowest BCUT2D eigenvalue weighted by atomic mass is 10.0. The summed E-state index contributed by atoms with van der Waals surface area (Å²) in [4.78, 5) is 38.2. The number of carbonyl (C=O) groups excluding carboxylic acids is 3. The van der Waals surface area contributed by atoms with Crippen LogP contribution in [0.2, 0.25) is 0 Å². The van der Waals surface area contributed by atoms with Crippen molar-refractivity contribution < 1.29 is 14.4 Å². The molecule has 0 aliphatic carbocycles. The fourth-order valence-electron chi connectivity index (χ4n) is 3.74. The van der Waals surface area contributed by atoms with Gasteiger partial charge in [-0.3, -0.25) is 14.4 Å². The van der Waals surface area contributed by atoms with Gasteiger partial charge in [0, 0.05) is 26.0 Å². The lowest BCUT2D eigenvalue weighted by Gasteiger charge is -2.29. The Kier molecular flexibility index (Phi) is 5.27. The van der Waals surface area contributed by atoms with Crippen LogP contribution in [0.3, 0.4) is 0 Å². The normalized spacial score (nSPS) is 20.8. The predicted molar refractivity (Wildman–Crippen MR) is 111 cm³/mol. The zero-order chi connectivity index (χ0) is 20.8. The first kappa shape index (κ1) is 20.4. The summed E-state index contributed by atoms with van der Waals surface area (Å²) >= 11 is 1.12. The number of nitrogens with one attached hydrogen (secondary N) is 1. The van der Waals surface area contributed by atoms with Gasteiger partial charge in [0.05, 0.1) is 5.69 Å². The number of carbonyl (C=O) groups is 3. The molecule has 0 aromatic heterocycles. The number of amidine groups is 1. The summed E-state index contributed by atoms with van der Waals surface area (Å²) in [5.74, 6) is -0.405. The molecule has 1 aromatic rings. The van der Waals surface area contributed by atoms with Gasteiger partial charge in [0.15, 0.2) is 5.17 Å². The molecule has 8 heteroatoms. The van der Waals surface area contributed by atoms with Crippen molar-refractivity contribution in [2.75, 3.05) is 11.4 Å². The summed E-state index contributed by atoms with van der Waals surface area (Å²) in [5, 5.41) is 8.40. The first-order chi connectivity index (χ1) is 13.1. The highest BCUT2D eigenvalue weighted by atomic mass is 32.2. The Morgan fingerprint density at radius 1 is 1.25 bits per heavy atom. The molecule has 0 unspecified atom stereocenters. The molecule has 3 rings (SSSR count). The van der Waals surface area contributed by atoms with Crippen molar-refractivity contribution in [3.8, 4) is 0 Å². The molecule has 1 atom stereocenters. The number of hydrogen-bond acceptors (Lipinski definition) is 5. The molecule has 2 aliphatic heterocycles. The number of fused-ring (bicyclic) bond motifs is 2. The Balaban J connectivity index is 2.17. The van der Waals surface area contributed by atoms with E-state index in [-0.39, 0.29) is 22.9 Å². The minimum absolute atomic E-state index is 0.193. The van der Waals surface area contributed by atoms with E-state index in [2.05, 4.69) is 24.3 Å². The van der Waals surface area contributed by atoms with Gasteiger partial charge in [-0.25, -0.2) is 0 Å². The number of benzene rings is 1. The molecule has 0 saturated heterocycles. The van der Waals surface area contributed by atoms with Crippen LogP contribution in [-0.4, -0.2) is 34.4 Å². The van der Waals surface area contributed by atoms with Crippen molar-refractivity contribution in [1.82, 2.24) is 10.3 Å². The maximum absolute atomic E-state index is 13.7. The highest BCUT2D eigenvalue weighted by molar-refractivity contribution is 8.15. The zero-order valence-electron chi connectivity index (χ0n) is 17.1. The van der Waals surface area contributed by atoms with Crippen molar-refractivity contribution in [2.45, 2.75) is 52.8 Å². The average molecular weight is 403 g/mol. The van der Waals surface area contributed by atoms with Crippen molar-refractivity contribution >= 4 is 40.3 Å². The summed E-state index contributed by atoms with van der Waals surface area (Å²) in [6, 6.07) is 3.99. The summed E-state index contributed by atoms with van der Waals surface area (Å²) in [6.45, 7) is 11.5. The van der Waals surface area contributed by atoms with Crippen molar-refractivity contribution in [2.24, 2.45) is 11.0 Å². The van der Waals surface area contributed by atoms with E-state index in [1.54, 1.807) is 4.90 Å². The Morgan fingerprint density at radius 2 is 1.93 bits per heavy atom. The highest BCUT2D eigenvalue weighted by Gasteiger charge is 2.61. The molecular formula is C20H26N4O3S. The number of aryl methyl sites for hydroxylation is 2. The van der Waals surface area contributed by atoms with Crippen LogP contribution < -0.4 is 10.2 Å². The van der Waals surface area contributed by atoms with Crippen molar-refractivity contribution in [3.63, 3.8) is 0 Å². The molecule has 0 fully saturated rings. The van der Waals surface area contributed by atoms with Gasteiger partial charge >= 0.3 is 0 Å². The SMILES string of the molecule is CC(=O)NC1=NN(C(C)=O)[C@@]2(S1)C(=O)N(CCC(C)C)c1c(C)cc(C)cc12. The lowest BCUT2D eigenvalue weighted by Crippen LogP contribution is -2.48. The Labute approximate surface area is 169 Å². The third-order valence-electron chi connectivity index (χ3n) is 4.86. The van der Waals surface area contributed by atoms with E-state index in [1.165, 1.54) is 18.9 Å². The van der Waals surface area contributed by atoms with E-state index in [9.17, 15) is 14.4 Å². The van der Waals surface area contributed by atoms with Crippen LogP contribution in [0, 0.1) is 19.8 Å². The largest absolute Gasteiger partial charge is 0.309 e. The molecule has 2 aliphatic rings. The molecule has 1 spiro atoms. The number of hydrogen-bond donors (Lipinski definition) is 1. The fourth-order valence-corrected chi connectivity index (χ4v) is 5.05.